The zero-order valence-electron chi connectivity index (χ0n) is 14.3. The highest BCUT2D eigenvalue weighted by Gasteiger charge is 2.17. The van der Waals surface area contributed by atoms with Crippen LogP contribution >= 0.6 is 24.0 Å². The molecule has 1 fully saturated rings. The Morgan fingerprint density at radius 1 is 1.17 bits per heavy atom. The highest BCUT2D eigenvalue weighted by atomic mass is 127. The van der Waals surface area contributed by atoms with E-state index in [1.165, 1.54) is 0 Å². The summed E-state index contributed by atoms with van der Waals surface area (Å²) in [6, 6.07) is 0. The van der Waals surface area contributed by atoms with Crippen molar-refractivity contribution in [3.63, 3.8) is 0 Å². The molecule has 1 aliphatic heterocycles. The number of guanidine groups is 1. The Morgan fingerprint density at radius 2 is 1.88 bits per heavy atom. The van der Waals surface area contributed by atoms with Crippen LogP contribution in [0.5, 0.6) is 0 Å². The fourth-order valence-electron chi connectivity index (χ4n) is 2.52. The number of hydrogen-bond donors (Lipinski definition) is 2. The lowest BCUT2D eigenvalue weighted by Crippen LogP contribution is -2.39. The number of aliphatic imine (C=N–C) groups is 1. The van der Waals surface area contributed by atoms with Gasteiger partial charge in [0.05, 0.1) is 0 Å². The Hall–Kier alpha value is -1.39. The molecule has 0 radical (unpaired) electrons. The van der Waals surface area contributed by atoms with Crippen LogP contribution in [0.1, 0.15) is 32.6 Å². The SMILES string of the molecule is CCNC(=NCC(=O)N1CCCC1)NCCCCn1cnnc1.I. The van der Waals surface area contributed by atoms with Crippen molar-refractivity contribution >= 4 is 35.8 Å². The number of halogens is 1. The van der Waals surface area contributed by atoms with Gasteiger partial charge in [-0.25, -0.2) is 4.99 Å². The number of aryl methyl sites for hydroxylation is 1. The first kappa shape index (κ1) is 20.7. The summed E-state index contributed by atoms with van der Waals surface area (Å²) in [5.74, 6) is 0.830. The van der Waals surface area contributed by atoms with Crippen molar-refractivity contribution in [1.82, 2.24) is 30.3 Å². The summed E-state index contributed by atoms with van der Waals surface area (Å²) < 4.78 is 1.97. The van der Waals surface area contributed by atoms with Crippen LogP contribution in [0.15, 0.2) is 17.6 Å². The van der Waals surface area contributed by atoms with Gasteiger partial charge in [-0.3, -0.25) is 4.79 Å². The summed E-state index contributed by atoms with van der Waals surface area (Å²) in [4.78, 5) is 18.3. The maximum absolute atomic E-state index is 12.0. The average Bonchev–Trinajstić information content (AvgIpc) is 3.25. The predicted octanol–water partition coefficient (Wildman–Crippen LogP) is 0.854. The van der Waals surface area contributed by atoms with Gasteiger partial charge in [0, 0.05) is 32.7 Å². The smallest absolute Gasteiger partial charge is 0.244 e. The van der Waals surface area contributed by atoms with E-state index in [1.807, 2.05) is 16.4 Å². The molecule has 1 saturated heterocycles. The quantitative estimate of drug-likeness (QED) is 0.266. The highest BCUT2D eigenvalue weighted by molar-refractivity contribution is 14.0. The molecule has 24 heavy (non-hydrogen) atoms. The fraction of sp³-hybridized carbons (Fsp3) is 0.733. The summed E-state index contributed by atoms with van der Waals surface area (Å²) in [5, 5.41) is 14.0. The highest BCUT2D eigenvalue weighted by Crippen LogP contribution is 2.07. The van der Waals surface area contributed by atoms with E-state index in [0.29, 0.717) is 5.96 Å². The molecule has 2 N–H and O–H groups in total. The Balaban J connectivity index is 0.00000288. The van der Waals surface area contributed by atoms with Crippen molar-refractivity contribution in [2.45, 2.75) is 39.2 Å². The van der Waals surface area contributed by atoms with Crippen molar-refractivity contribution < 1.29 is 4.79 Å². The van der Waals surface area contributed by atoms with Crippen LogP contribution in [0.2, 0.25) is 0 Å². The van der Waals surface area contributed by atoms with Crippen LogP contribution in [-0.4, -0.2) is 64.3 Å². The lowest BCUT2D eigenvalue weighted by molar-refractivity contribution is -0.128. The van der Waals surface area contributed by atoms with E-state index in [9.17, 15) is 4.79 Å². The Morgan fingerprint density at radius 3 is 2.54 bits per heavy atom. The molecule has 1 aromatic rings. The molecule has 1 aliphatic rings. The van der Waals surface area contributed by atoms with Crippen LogP contribution in [0.25, 0.3) is 0 Å². The van der Waals surface area contributed by atoms with Crippen molar-refractivity contribution in [1.29, 1.82) is 0 Å². The van der Waals surface area contributed by atoms with Crippen molar-refractivity contribution in [2.75, 3.05) is 32.7 Å². The van der Waals surface area contributed by atoms with Gasteiger partial charge in [0.25, 0.3) is 0 Å². The molecule has 0 atom stereocenters. The first-order chi connectivity index (χ1) is 11.3. The molecule has 0 saturated carbocycles. The van der Waals surface area contributed by atoms with Crippen LogP contribution in [-0.2, 0) is 11.3 Å². The standard InChI is InChI=1S/C15H27N7O.HI/c1-2-16-15(18-11-14(23)22-9-5-6-10-22)17-7-3-4-8-21-12-19-20-13-21;/h12-13H,2-11H2,1H3,(H2,16,17,18);1H. The van der Waals surface area contributed by atoms with Gasteiger partial charge in [-0.15, -0.1) is 34.2 Å². The third-order valence-electron chi connectivity index (χ3n) is 3.78. The van der Waals surface area contributed by atoms with E-state index >= 15 is 0 Å². The zero-order chi connectivity index (χ0) is 16.3. The maximum atomic E-state index is 12.0. The van der Waals surface area contributed by atoms with Gasteiger partial charge in [-0.2, -0.15) is 0 Å². The zero-order valence-corrected chi connectivity index (χ0v) is 16.6. The molecule has 9 heteroatoms. The summed E-state index contributed by atoms with van der Waals surface area (Å²) in [6.45, 7) is 6.51. The Kier molecular flexibility index (Phi) is 10.4. The number of amides is 1. The lowest BCUT2D eigenvalue weighted by atomic mass is 10.3. The number of hydrogen-bond acceptors (Lipinski definition) is 4. The number of nitrogens with zero attached hydrogens (tertiary/aromatic N) is 5. The number of nitrogens with one attached hydrogen (secondary N) is 2. The third kappa shape index (κ3) is 7.45. The normalized spacial score (nSPS) is 14.4. The summed E-state index contributed by atoms with van der Waals surface area (Å²) >= 11 is 0. The molecular weight excluding hydrogens is 421 g/mol. The number of rotatable bonds is 8. The summed E-state index contributed by atoms with van der Waals surface area (Å²) in [5.41, 5.74) is 0. The molecule has 2 heterocycles. The van der Waals surface area contributed by atoms with Gasteiger partial charge in [-0.05, 0) is 32.6 Å². The molecule has 1 aromatic heterocycles. The van der Waals surface area contributed by atoms with E-state index < -0.39 is 0 Å². The molecule has 2 rings (SSSR count). The summed E-state index contributed by atoms with van der Waals surface area (Å²) in [7, 11) is 0. The van der Waals surface area contributed by atoms with Crippen LogP contribution in [0.3, 0.4) is 0 Å². The minimum Gasteiger partial charge on any atom is -0.357 e. The average molecular weight is 449 g/mol. The number of unbranched alkanes of at least 4 members (excludes halogenated alkanes) is 1. The molecule has 0 aromatic carbocycles. The predicted molar refractivity (Wildman–Crippen MR) is 104 cm³/mol. The first-order valence-electron chi connectivity index (χ1n) is 8.42. The molecule has 0 unspecified atom stereocenters. The van der Waals surface area contributed by atoms with Crippen LogP contribution in [0, 0.1) is 0 Å². The molecular formula is C15H28IN7O. The first-order valence-corrected chi connectivity index (χ1v) is 8.42. The second-order valence-corrected chi connectivity index (χ2v) is 5.62. The van der Waals surface area contributed by atoms with Crippen LogP contribution in [0.4, 0.5) is 0 Å². The van der Waals surface area contributed by atoms with E-state index in [1.54, 1.807) is 12.7 Å². The summed E-state index contributed by atoms with van der Waals surface area (Å²) in [6.07, 6.45) is 7.73. The fourth-order valence-corrected chi connectivity index (χ4v) is 2.52. The molecule has 1 amide bonds. The third-order valence-corrected chi connectivity index (χ3v) is 3.78. The van der Waals surface area contributed by atoms with Gasteiger partial charge >= 0.3 is 0 Å². The molecule has 0 bridgehead atoms. The van der Waals surface area contributed by atoms with Gasteiger partial charge < -0.3 is 20.1 Å². The number of carbonyl (C=O) groups excluding carboxylic acids is 1. The van der Waals surface area contributed by atoms with E-state index in [-0.39, 0.29) is 36.4 Å². The largest absolute Gasteiger partial charge is 0.357 e. The second kappa shape index (κ2) is 12.0. The molecule has 136 valence electrons. The van der Waals surface area contributed by atoms with E-state index in [2.05, 4.69) is 25.8 Å². The van der Waals surface area contributed by atoms with Crippen molar-refractivity contribution in [3.8, 4) is 0 Å². The minimum absolute atomic E-state index is 0. The topological polar surface area (TPSA) is 87.4 Å². The molecule has 8 nitrogen and oxygen atoms in total. The van der Waals surface area contributed by atoms with Crippen molar-refractivity contribution in [2.24, 2.45) is 4.99 Å². The van der Waals surface area contributed by atoms with Gasteiger partial charge in [0.15, 0.2) is 5.96 Å². The molecule has 0 spiro atoms. The Bertz CT molecular complexity index is 486. The van der Waals surface area contributed by atoms with E-state index in [0.717, 1.165) is 58.4 Å². The lowest BCUT2D eigenvalue weighted by Gasteiger charge is -2.15. The van der Waals surface area contributed by atoms with Gasteiger partial charge in [0.2, 0.25) is 5.91 Å². The second-order valence-electron chi connectivity index (χ2n) is 5.62. The van der Waals surface area contributed by atoms with E-state index in [4.69, 9.17) is 0 Å². The number of aromatic nitrogens is 3. The van der Waals surface area contributed by atoms with Gasteiger partial charge in [-0.1, -0.05) is 0 Å². The molecule has 0 aliphatic carbocycles. The van der Waals surface area contributed by atoms with Crippen molar-refractivity contribution in [3.05, 3.63) is 12.7 Å². The number of likely N-dealkylation sites (tertiary alicyclic amines) is 1. The number of carbonyl (C=O) groups is 1. The monoisotopic (exact) mass is 449 g/mol. The van der Waals surface area contributed by atoms with Gasteiger partial charge in [0.1, 0.15) is 19.2 Å². The maximum Gasteiger partial charge on any atom is 0.244 e. The van der Waals surface area contributed by atoms with Crippen LogP contribution < -0.4 is 10.6 Å². The minimum atomic E-state index is 0. The Labute approximate surface area is 160 Å².